The number of rotatable bonds is 8. The van der Waals surface area contributed by atoms with E-state index >= 15 is 0 Å². The quantitative estimate of drug-likeness (QED) is 0.409. The van der Waals surface area contributed by atoms with Crippen LogP contribution in [-0.4, -0.2) is 61.6 Å². The molecule has 138 valence electrons. The topological polar surface area (TPSA) is 116 Å². The molecule has 0 unspecified atom stereocenters. The number of aliphatic imine (C=N–C) groups is 1. The minimum atomic E-state index is -0.897. The van der Waals surface area contributed by atoms with E-state index in [1.54, 1.807) is 0 Å². The number of amides is 1. The number of hydrogen-bond acceptors (Lipinski definition) is 9. The fraction of sp³-hybridized carbons (Fsp3) is 0.538. The van der Waals surface area contributed by atoms with E-state index in [0.29, 0.717) is 23.4 Å². The van der Waals surface area contributed by atoms with Crippen molar-refractivity contribution in [3.63, 3.8) is 0 Å². The number of halogens is 1. The summed E-state index contributed by atoms with van der Waals surface area (Å²) in [7, 11) is 0. The molecule has 0 radical (unpaired) electrons. The summed E-state index contributed by atoms with van der Waals surface area (Å²) < 4.78 is 10.7. The molecule has 25 heavy (non-hydrogen) atoms. The van der Waals surface area contributed by atoms with Crippen LogP contribution in [0.3, 0.4) is 0 Å². The second-order valence-corrected chi connectivity index (χ2v) is 6.31. The lowest BCUT2D eigenvalue weighted by molar-refractivity contribution is -0.758. The number of carbonyl (C=O) groups excluding carboxylic acids is 1. The van der Waals surface area contributed by atoms with E-state index in [-0.39, 0.29) is 26.4 Å². The zero-order valence-electron chi connectivity index (χ0n) is 13.4. The first-order valence-electron chi connectivity index (χ1n) is 7.33. The number of anilines is 1. The van der Waals surface area contributed by atoms with Gasteiger partial charge in [0.25, 0.3) is 5.09 Å². The van der Waals surface area contributed by atoms with Crippen molar-refractivity contribution in [1.29, 1.82) is 0 Å². The van der Waals surface area contributed by atoms with Gasteiger partial charge in [0.15, 0.2) is 0 Å². The fourth-order valence-corrected chi connectivity index (χ4v) is 3.00. The van der Waals surface area contributed by atoms with Crippen LogP contribution in [0.2, 0.25) is 4.34 Å². The third-order valence-corrected chi connectivity index (χ3v) is 4.44. The molecule has 0 aliphatic carbocycles. The van der Waals surface area contributed by atoms with E-state index in [1.807, 2.05) is 12.3 Å². The lowest BCUT2D eigenvalue weighted by Gasteiger charge is -2.19. The summed E-state index contributed by atoms with van der Waals surface area (Å²) in [6.07, 6.45) is -0.558. The van der Waals surface area contributed by atoms with Gasteiger partial charge in [0.1, 0.15) is 17.6 Å². The minimum absolute atomic E-state index is 0.0132. The van der Waals surface area contributed by atoms with Crippen LogP contribution in [0.25, 0.3) is 0 Å². The van der Waals surface area contributed by atoms with Crippen molar-refractivity contribution in [3.8, 4) is 0 Å². The number of carbonyl (C=O) groups is 1. The van der Waals surface area contributed by atoms with Gasteiger partial charge in [0.05, 0.1) is 32.0 Å². The van der Waals surface area contributed by atoms with Gasteiger partial charge in [-0.2, -0.15) is 0 Å². The van der Waals surface area contributed by atoms with Crippen LogP contribution in [-0.2, 0) is 14.3 Å². The number of ether oxygens (including phenoxy) is 2. The van der Waals surface area contributed by atoms with Crippen LogP contribution in [0.15, 0.2) is 10.4 Å². The first-order chi connectivity index (χ1) is 12.0. The van der Waals surface area contributed by atoms with Crippen LogP contribution < -0.4 is 5.32 Å². The van der Waals surface area contributed by atoms with E-state index < -0.39 is 11.2 Å². The number of nitrogens with zero attached hydrogens (tertiary/aromatic N) is 3. The molecule has 0 fully saturated rings. The zero-order valence-corrected chi connectivity index (χ0v) is 15.0. The summed E-state index contributed by atoms with van der Waals surface area (Å²) in [5, 5.41) is 14.0. The van der Waals surface area contributed by atoms with Crippen molar-refractivity contribution in [2.75, 3.05) is 44.8 Å². The Kier molecular flexibility index (Phi) is 7.22. The van der Waals surface area contributed by atoms with Crippen LogP contribution in [0.4, 0.5) is 10.5 Å². The van der Waals surface area contributed by atoms with Gasteiger partial charge >= 0.3 is 6.09 Å². The largest absolute Gasteiger partial charge is 0.447 e. The fourth-order valence-electron chi connectivity index (χ4n) is 1.94. The van der Waals surface area contributed by atoms with Crippen LogP contribution >= 0.6 is 22.9 Å². The van der Waals surface area contributed by atoms with E-state index in [2.05, 4.69) is 15.1 Å². The smallest absolute Gasteiger partial charge is 0.416 e. The zero-order chi connectivity index (χ0) is 18.2. The SMILES string of the molecule is Cc1csc(Cl)c1NC1=NCCN1C(=O)OCCOCCO[N+](=O)[O-]. The highest BCUT2D eigenvalue weighted by Gasteiger charge is 2.26. The first kappa shape index (κ1) is 19.2. The van der Waals surface area contributed by atoms with Crippen LogP contribution in [0.5, 0.6) is 0 Å². The van der Waals surface area contributed by atoms with E-state index in [1.165, 1.54) is 16.2 Å². The molecule has 1 amide bonds. The van der Waals surface area contributed by atoms with Gasteiger partial charge < -0.3 is 19.6 Å². The van der Waals surface area contributed by atoms with Gasteiger partial charge in [-0.1, -0.05) is 11.6 Å². The molecule has 10 nitrogen and oxygen atoms in total. The average Bonchev–Trinajstić information content (AvgIpc) is 3.15. The lowest BCUT2D eigenvalue weighted by atomic mass is 10.3. The Labute approximate surface area is 152 Å². The standard InChI is InChI=1S/C13H17ClN4O6S/c1-9-8-25-11(14)10(9)16-12-15-2-3-17(12)13(19)23-6-4-22-5-7-24-18(20)21/h8H,2-7H2,1H3,(H,15,16). The normalized spacial score (nSPS) is 13.5. The summed E-state index contributed by atoms with van der Waals surface area (Å²) >= 11 is 7.51. The Bertz CT molecular complexity index is 633. The van der Waals surface area contributed by atoms with Crippen LogP contribution in [0.1, 0.15) is 5.56 Å². The van der Waals surface area contributed by atoms with E-state index in [0.717, 1.165) is 11.3 Å². The highest BCUT2D eigenvalue weighted by atomic mass is 35.5. The van der Waals surface area contributed by atoms with Crippen molar-refractivity contribution in [2.24, 2.45) is 4.99 Å². The Morgan fingerprint density at radius 1 is 1.48 bits per heavy atom. The Balaban J connectivity index is 1.72. The molecule has 0 spiro atoms. The summed E-state index contributed by atoms with van der Waals surface area (Å²) in [4.78, 5) is 31.8. The van der Waals surface area contributed by atoms with E-state index in [4.69, 9.17) is 21.1 Å². The Morgan fingerprint density at radius 3 is 2.92 bits per heavy atom. The van der Waals surface area contributed by atoms with Crippen molar-refractivity contribution in [1.82, 2.24) is 4.90 Å². The molecule has 1 aliphatic heterocycles. The molecule has 0 bridgehead atoms. The third-order valence-electron chi connectivity index (χ3n) is 3.11. The molecule has 1 aromatic rings. The maximum Gasteiger partial charge on any atom is 0.416 e. The van der Waals surface area contributed by atoms with Crippen molar-refractivity contribution >= 4 is 40.7 Å². The molecule has 0 atom stereocenters. The predicted octanol–water partition coefficient (Wildman–Crippen LogP) is 2.15. The second kappa shape index (κ2) is 9.39. The summed E-state index contributed by atoms with van der Waals surface area (Å²) in [5.41, 5.74) is 1.68. The molecule has 1 aliphatic rings. The summed E-state index contributed by atoms with van der Waals surface area (Å²) in [6.45, 7) is 2.76. The van der Waals surface area contributed by atoms with E-state index in [9.17, 15) is 14.9 Å². The number of hydrogen-bond donors (Lipinski definition) is 1. The van der Waals surface area contributed by atoms with Gasteiger partial charge in [-0.25, -0.2) is 9.69 Å². The highest BCUT2D eigenvalue weighted by molar-refractivity contribution is 7.15. The molecule has 0 aromatic carbocycles. The van der Waals surface area contributed by atoms with Crippen molar-refractivity contribution in [3.05, 3.63) is 25.4 Å². The minimum Gasteiger partial charge on any atom is -0.447 e. The van der Waals surface area contributed by atoms with Gasteiger partial charge in [0, 0.05) is 0 Å². The Morgan fingerprint density at radius 2 is 2.24 bits per heavy atom. The number of thiophene rings is 1. The summed E-state index contributed by atoms with van der Waals surface area (Å²) in [5.74, 6) is 0.383. The molecule has 0 saturated carbocycles. The van der Waals surface area contributed by atoms with Gasteiger partial charge in [-0.05, 0) is 17.9 Å². The Hall–Kier alpha value is -2.11. The second-order valence-electron chi connectivity index (χ2n) is 4.83. The maximum atomic E-state index is 12.1. The molecule has 2 heterocycles. The molecule has 0 saturated heterocycles. The molecule has 1 N–H and O–H groups in total. The lowest BCUT2D eigenvalue weighted by Crippen LogP contribution is -2.39. The molecule has 2 rings (SSSR count). The number of aryl methyl sites for hydroxylation is 1. The number of guanidine groups is 1. The molecule has 12 heteroatoms. The van der Waals surface area contributed by atoms with Crippen molar-refractivity contribution < 1.29 is 24.2 Å². The van der Waals surface area contributed by atoms with Crippen molar-refractivity contribution in [2.45, 2.75) is 6.92 Å². The van der Waals surface area contributed by atoms with Gasteiger partial charge in [-0.3, -0.25) is 4.99 Å². The predicted molar refractivity (Wildman–Crippen MR) is 91.8 cm³/mol. The number of nitrogens with one attached hydrogen (secondary N) is 1. The molecular weight excluding hydrogens is 376 g/mol. The van der Waals surface area contributed by atoms with Gasteiger partial charge in [0.2, 0.25) is 5.96 Å². The average molecular weight is 393 g/mol. The third kappa shape index (κ3) is 5.73. The first-order valence-corrected chi connectivity index (χ1v) is 8.59. The van der Waals surface area contributed by atoms with Crippen LogP contribution in [0, 0.1) is 17.0 Å². The molecule has 1 aromatic heterocycles. The summed E-state index contributed by atoms with van der Waals surface area (Å²) in [6, 6.07) is 0. The maximum absolute atomic E-state index is 12.1. The van der Waals surface area contributed by atoms with Gasteiger partial charge in [-0.15, -0.1) is 21.5 Å². The molecular formula is C13H17ClN4O6S. The highest BCUT2D eigenvalue weighted by Crippen LogP contribution is 2.32. The monoisotopic (exact) mass is 392 g/mol.